The first-order chi connectivity index (χ1) is 22.7. The maximum absolute atomic E-state index is 13.0. The first-order valence-electron chi connectivity index (χ1n) is 16.3. The lowest BCUT2D eigenvalue weighted by Crippen LogP contribution is -2.48. The van der Waals surface area contributed by atoms with Gasteiger partial charge in [0.2, 0.25) is 5.91 Å². The second kappa shape index (κ2) is 13.9. The Kier molecular flexibility index (Phi) is 9.69. The molecule has 2 N–H and O–H groups in total. The lowest BCUT2D eigenvalue weighted by Gasteiger charge is -2.44. The molecule has 3 heterocycles. The first kappa shape index (κ1) is 32.8. The number of carbonyl (C=O) groups excluding carboxylic acids is 1. The molecule has 0 saturated heterocycles. The largest absolute Gasteiger partial charge is 0.490 e. The number of aromatic nitrogens is 3. The molecular formula is C36H43N5O5Si. The molecule has 0 saturated carbocycles. The van der Waals surface area contributed by atoms with E-state index in [1.54, 1.807) is 11.8 Å². The number of hydrogen-bond acceptors (Lipinski definition) is 8. The lowest BCUT2D eigenvalue weighted by molar-refractivity contribution is -0.118. The highest BCUT2D eigenvalue weighted by Crippen LogP contribution is 2.48. The quantitative estimate of drug-likeness (QED) is 0.200. The molecule has 11 heteroatoms. The maximum atomic E-state index is 13.0. The predicted octanol–water partition coefficient (Wildman–Crippen LogP) is 5.68. The third-order valence-corrected chi connectivity index (χ3v) is 11.9. The highest BCUT2D eigenvalue weighted by Gasteiger charge is 2.46. The SMILES string of the molecule is CO[C@H]1c2cc(N3N=C(c4ccccc4)CCC3=O)ccc2O[C@@H](C(CCn2cc(C(CO)c3ccccc3)nn2)[Si](C)(C)O)[C@@H]1C. The molecule has 1 amide bonds. The van der Waals surface area contributed by atoms with Crippen molar-refractivity contribution in [3.8, 4) is 5.75 Å². The van der Waals surface area contributed by atoms with Gasteiger partial charge in [0, 0.05) is 49.7 Å². The number of hydrogen-bond donors (Lipinski definition) is 2. The number of aliphatic hydroxyl groups excluding tert-OH is 1. The van der Waals surface area contributed by atoms with Gasteiger partial charge in [-0.1, -0.05) is 72.8 Å². The summed E-state index contributed by atoms with van der Waals surface area (Å²) in [6, 6.07) is 25.4. The van der Waals surface area contributed by atoms with Crippen LogP contribution in [0.4, 0.5) is 5.69 Å². The van der Waals surface area contributed by atoms with Crippen LogP contribution in [0.5, 0.6) is 5.75 Å². The van der Waals surface area contributed by atoms with Crippen LogP contribution in [0.3, 0.4) is 0 Å². The van der Waals surface area contributed by atoms with Crippen molar-refractivity contribution < 1.29 is 24.2 Å². The lowest BCUT2D eigenvalue weighted by atomic mass is 9.86. The molecule has 2 aliphatic heterocycles. The minimum Gasteiger partial charge on any atom is -0.490 e. The van der Waals surface area contributed by atoms with Crippen molar-refractivity contribution >= 4 is 25.6 Å². The highest BCUT2D eigenvalue weighted by atomic mass is 28.4. The third kappa shape index (κ3) is 6.94. The van der Waals surface area contributed by atoms with Crippen LogP contribution in [0, 0.1) is 5.92 Å². The number of ether oxygens (including phenoxy) is 2. The van der Waals surface area contributed by atoms with Crippen molar-refractivity contribution in [2.45, 2.75) is 69.5 Å². The van der Waals surface area contributed by atoms with Crippen molar-refractivity contribution in [3.05, 3.63) is 107 Å². The van der Waals surface area contributed by atoms with E-state index in [1.165, 1.54) is 5.01 Å². The summed E-state index contributed by atoms with van der Waals surface area (Å²) >= 11 is 0. The van der Waals surface area contributed by atoms with Crippen molar-refractivity contribution in [2.75, 3.05) is 18.7 Å². The van der Waals surface area contributed by atoms with Crippen molar-refractivity contribution in [1.29, 1.82) is 0 Å². The number of rotatable bonds is 11. The summed E-state index contributed by atoms with van der Waals surface area (Å²) in [5.74, 6) is 0.279. The second-order valence-corrected chi connectivity index (χ2v) is 17.1. The maximum Gasteiger partial charge on any atom is 0.247 e. The minimum absolute atomic E-state index is 0.0558. The van der Waals surface area contributed by atoms with Crippen LogP contribution in [0.25, 0.3) is 0 Å². The van der Waals surface area contributed by atoms with E-state index in [9.17, 15) is 14.7 Å². The Labute approximate surface area is 276 Å². The van der Waals surface area contributed by atoms with E-state index in [-0.39, 0.29) is 42.1 Å². The van der Waals surface area contributed by atoms with Gasteiger partial charge >= 0.3 is 0 Å². The summed E-state index contributed by atoms with van der Waals surface area (Å²) in [4.78, 5) is 24.6. The number of methoxy groups -OCH3 is 1. The summed E-state index contributed by atoms with van der Waals surface area (Å²) in [5.41, 5.74) is 4.96. The van der Waals surface area contributed by atoms with Gasteiger partial charge in [-0.15, -0.1) is 5.10 Å². The third-order valence-electron chi connectivity index (χ3n) is 9.47. The van der Waals surface area contributed by atoms with Gasteiger partial charge in [0.05, 0.1) is 35.7 Å². The van der Waals surface area contributed by atoms with E-state index in [0.29, 0.717) is 42.9 Å². The Morgan fingerprint density at radius 2 is 1.77 bits per heavy atom. The molecule has 0 bridgehead atoms. The van der Waals surface area contributed by atoms with Crippen LogP contribution in [0.15, 0.2) is 90.2 Å². The van der Waals surface area contributed by atoms with Crippen LogP contribution in [0.2, 0.25) is 18.6 Å². The van der Waals surface area contributed by atoms with Crippen LogP contribution in [0.1, 0.15) is 60.6 Å². The predicted molar refractivity (Wildman–Crippen MR) is 183 cm³/mol. The fraction of sp³-hybridized carbons (Fsp3) is 0.389. The molecular weight excluding hydrogens is 611 g/mol. The standard InChI is InChI=1S/C36H43N5O5Si/c1-24-35(45-2)28-21-27(41-34(43)18-16-30(38-41)26-13-9-6-10-14-26)15-17-32(28)46-36(24)33(47(3,4)44)19-20-40-22-31(37-39-40)29(23-42)25-11-7-5-8-12-25/h5-15,17,21-22,24,29,33,35-36,42,44H,16,18-20,23H2,1-4H3/t24-,29?,33?,35-,36-/m1/s1. The molecule has 0 fully saturated rings. The molecule has 4 aromatic rings. The number of carbonyl (C=O) groups is 1. The monoisotopic (exact) mass is 653 g/mol. The summed E-state index contributed by atoms with van der Waals surface area (Å²) < 4.78 is 14.6. The van der Waals surface area contributed by atoms with Crippen LogP contribution in [-0.4, -0.2) is 64.7 Å². The first-order valence-corrected chi connectivity index (χ1v) is 19.3. The second-order valence-electron chi connectivity index (χ2n) is 13.0. The summed E-state index contributed by atoms with van der Waals surface area (Å²) in [6.45, 7) is 6.46. The topological polar surface area (TPSA) is 122 Å². The van der Waals surface area contributed by atoms with Gasteiger partial charge in [-0.25, -0.2) is 5.01 Å². The van der Waals surface area contributed by atoms with E-state index in [2.05, 4.69) is 17.2 Å². The van der Waals surface area contributed by atoms with E-state index < -0.39 is 8.32 Å². The fourth-order valence-electron chi connectivity index (χ4n) is 6.92. The zero-order chi connectivity index (χ0) is 33.1. The molecule has 3 aromatic carbocycles. The molecule has 10 nitrogen and oxygen atoms in total. The molecule has 0 aliphatic carbocycles. The number of benzene rings is 3. The number of amides is 1. The van der Waals surface area contributed by atoms with Crippen molar-refractivity contribution in [2.24, 2.45) is 11.0 Å². The van der Waals surface area contributed by atoms with Gasteiger partial charge in [-0.05, 0) is 48.8 Å². The van der Waals surface area contributed by atoms with Gasteiger partial charge in [0.1, 0.15) is 11.9 Å². The zero-order valence-corrected chi connectivity index (χ0v) is 28.4. The highest BCUT2D eigenvalue weighted by molar-refractivity contribution is 6.71. The number of aryl methyl sites for hydroxylation is 1. The molecule has 1 aromatic heterocycles. The van der Waals surface area contributed by atoms with Gasteiger partial charge in [0.15, 0.2) is 8.32 Å². The molecule has 6 rings (SSSR count). The summed E-state index contributed by atoms with van der Waals surface area (Å²) in [6.07, 6.45) is 2.87. The Morgan fingerprint density at radius 1 is 1.04 bits per heavy atom. The number of fused-ring (bicyclic) bond motifs is 1. The number of nitrogens with zero attached hydrogens (tertiary/aromatic N) is 5. The summed E-state index contributed by atoms with van der Waals surface area (Å²) in [5, 5.41) is 25.1. The molecule has 0 spiro atoms. The number of aliphatic hydroxyl groups is 1. The van der Waals surface area contributed by atoms with E-state index in [1.807, 2.05) is 98.2 Å². The zero-order valence-electron chi connectivity index (χ0n) is 27.4. The van der Waals surface area contributed by atoms with Crippen LogP contribution < -0.4 is 9.75 Å². The molecule has 0 radical (unpaired) electrons. The average Bonchev–Trinajstić information content (AvgIpc) is 3.54. The number of hydrazone groups is 1. The smallest absolute Gasteiger partial charge is 0.247 e. The van der Waals surface area contributed by atoms with Crippen molar-refractivity contribution in [3.63, 3.8) is 0 Å². The van der Waals surface area contributed by atoms with Crippen molar-refractivity contribution in [1.82, 2.24) is 15.0 Å². The Bertz CT molecular complexity index is 1710. The van der Waals surface area contributed by atoms with Gasteiger partial charge < -0.3 is 19.4 Å². The van der Waals surface area contributed by atoms with E-state index >= 15 is 0 Å². The average molecular weight is 654 g/mol. The fourth-order valence-corrected chi connectivity index (χ4v) is 8.93. The number of anilines is 1. The van der Waals surface area contributed by atoms with Gasteiger partial charge in [-0.3, -0.25) is 9.48 Å². The Morgan fingerprint density at radius 3 is 2.45 bits per heavy atom. The van der Waals surface area contributed by atoms with E-state index in [0.717, 1.165) is 22.4 Å². The Balaban J connectivity index is 1.23. The van der Waals surface area contributed by atoms with Gasteiger partial charge in [-0.2, -0.15) is 5.10 Å². The summed E-state index contributed by atoms with van der Waals surface area (Å²) in [7, 11) is -1.06. The van der Waals surface area contributed by atoms with E-state index in [4.69, 9.17) is 14.6 Å². The molecule has 246 valence electrons. The molecule has 47 heavy (non-hydrogen) atoms. The van der Waals surface area contributed by atoms with Crippen LogP contribution >= 0.6 is 0 Å². The Hall–Kier alpha value is -4.16. The van der Waals surface area contributed by atoms with Crippen LogP contribution in [-0.2, 0) is 16.1 Å². The van der Waals surface area contributed by atoms with Gasteiger partial charge in [0.25, 0.3) is 0 Å². The molecule has 2 aliphatic rings. The molecule has 2 unspecified atom stereocenters. The normalized spacial score (nSPS) is 21.1. The minimum atomic E-state index is -2.75. The molecule has 5 atom stereocenters.